The monoisotopic (exact) mass is 674 g/mol. The maximum Gasteiger partial charge on any atom is 0.186 e. The van der Waals surface area contributed by atoms with Crippen molar-refractivity contribution < 1.29 is 60.2 Å². The van der Waals surface area contributed by atoms with Gasteiger partial charge in [0.15, 0.2) is 6.29 Å². The number of hydrogen-bond acceptors (Lipinski definition) is 12. The van der Waals surface area contributed by atoms with Gasteiger partial charge in [-0.05, 0) is 91.8 Å². The van der Waals surface area contributed by atoms with Gasteiger partial charge in [0.25, 0.3) is 0 Å². The van der Waals surface area contributed by atoms with Crippen LogP contribution in [0.1, 0.15) is 86.0 Å². The molecule has 0 aromatic rings. The van der Waals surface area contributed by atoms with Gasteiger partial charge in [0.1, 0.15) is 36.1 Å². The number of aliphatic hydroxyl groups excluding tert-OH is 7. The summed E-state index contributed by atoms with van der Waals surface area (Å²) in [6.45, 7) is 9.45. The fourth-order valence-corrected chi connectivity index (χ4v) is 11.2. The molecule has 5 aliphatic rings. The third-order valence-corrected chi connectivity index (χ3v) is 14.3. The van der Waals surface area contributed by atoms with Crippen molar-refractivity contribution in [2.24, 2.45) is 46.3 Å². The van der Waals surface area contributed by atoms with Crippen molar-refractivity contribution in [3.8, 4) is 0 Å². The lowest BCUT2D eigenvalue weighted by molar-refractivity contribution is -0.309. The van der Waals surface area contributed by atoms with Crippen molar-refractivity contribution in [2.75, 3.05) is 20.3 Å². The Labute approximate surface area is 279 Å². The van der Waals surface area contributed by atoms with Crippen LogP contribution in [0.2, 0.25) is 0 Å². The molecule has 0 aromatic heterocycles. The van der Waals surface area contributed by atoms with Crippen LogP contribution in [0.3, 0.4) is 0 Å². The van der Waals surface area contributed by atoms with Gasteiger partial charge in [-0.2, -0.15) is 0 Å². The average Bonchev–Trinajstić information content (AvgIpc) is 3.47. The minimum Gasteiger partial charge on any atom is -0.394 e. The van der Waals surface area contributed by atoms with Crippen LogP contribution in [0.15, 0.2) is 0 Å². The summed E-state index contributed by atoms with van der Waals surface area (Å²) in [4.78, 5) is 0. The summed E-state index contributed by atoms with van der Waals surface area (Å²) in [5.74, 6) is -1.52. The topological polar surface area (TPSA) is 210 Å². The largest absolute Gasteiger partial charge is 0.394 e. The molecule has 4 saturated carbocycles. The second-order valence-corrected chi connectivity index (χ2v) is 16.8. The highest BCUT2D eigenvalue weighted by Gasteiger charge is 2.73. The zero-order chi connectivity index (χ0) is 34.9. The lowest BCUT2D eigenvalue weighted by atomic mass is 9.41. The zero-order valence-corrected chi connectivity index (χ0v) is 29.0. The predicted octanol–water partition coefficient (Wildman–Crippen LogP) is 0.308. The molecule has 0 spiro atoms. The maximum atomic E-state index is 12.6. The minimum absolute atomic E-state index is 0.0202. The van der Waals surface area contributed by atoms with Gasteiger partial charge in [-0.15, -0.1) is 0 Å². The number of ether oxygens (including phenoxy) is 3. The van der Waals surface area contributed by atoms with E-state index in [1.165, 1.54) is 7.11 Å². The van der Waals surface area contributed by atoms with Gasteiger partial charge in [0.2, 0.25) is 0 Å². The van der Waals surface area contributed by atoms with Gasteiger partial charge in [-0.1, -0.05) is 34.6 Å². The number of fused-ring (bicyclic) bond motifs is 5. The lowest BCUT2D eigenvalue weighted by Crippen LogP contribution is -2.75. The van der Waals surface area contributed by atoms with Crippen molar-refractivity contribution >= 4 is 0 Å². The summed E-state index contributed by atoms with van der Waals surface area (Å²) in [7, 11) is 1.37. The fourth-order valence-electron chi connectivity index (χ4n) is 11.2. The molecule has 5 fully saturated rings. The van der Waals surface area contributed by atoms with E-state index in [1.54, 1.807) is 0 Å². The number of aliphatic hydroxyl groups is 9. The first kappa shape index (κ1) is 37.8. The molecule has 0 unspecified atom stereocenters. The van der Waals surface area contributed by atoms with Gasteiger partial charge in [-0.3, -0.25) is 0 Å². The third-order valence-electron chi connectivity index (χ3n) is 14.3. The summed E-state index contributed by atoms with van der Waals surface area (Å²) in [5.41, 5.74) is -3.97. The van der Waals surface area contributed by atoms with E-state index in [1.807, 2.05) is 13.8 Å². The van der Waals surface area contributed by atoms with Crippen LogP contribution in [0.4, 0.5) is 0 Å². The Balaban J connectivity index is 1.28. The second kappa shape index (κ2) is 13.6. The molecule has 1 saturated heterocycles. The van der Waals surface area contributed by atoms with Crippen LogP contribution in [0, 0.1) is 46.3 Å². The van der Waals surface area contributed by atoms with Gasteiger partial charge in [0, 0.05) is 13.0 Å². The Hall–Kier alpha value is -0.480. The highest BCUT2D eigenvalue weighted by molar-refractivity contribution is 5.23. The van der Waals surface area contributed by atoms with Crippen LogP contribution in [-0.4, -0.2) is 133 Å². The second-order valence-electron chi connectivity index (χ2n) is 16.8. The van der Waals surface area contributed by atoms with Crippen LogP contribution < -0.4 is 0 Å². The summed E-state index contributed by atoms with van der Waals surface area (Å²) in [6.07, 6.45) is -5.47. The highest BCUT2D eigenvalue weighted by Crippen LogP contribution is 2.69. The molecule has 4 aliphatic carbocycles. The van der Waals surface area contributed by atoms with E-state index in [0.29, 0.717) is 44.9 Å². The molecule has 12 heteroatoms. The zero-order valence-electron chi connectivity index (χ0n) is 29.0. The van der Waals surface area contributed by atoms with Crippen molar-refractivity contribution in [1.29, 1.82) is 0 Å². The Morgan fingerprint density at radius 2 is 1.57 bits per heavy atom. The molecule has 9 N–H and O–H groups in total. The normalized spacial score (nSPS) is 50.8. The third kappa shape index (κ3) is 6.04. The van der Waals surface area contributed by atoms with E-state index >= 15 is 0 Å². The maximum absolute atomic E-state index is 12.6. The van der Waals surface area contributed by atoms with Crippen LogP contribution in [-0.2, 0) is 14.2 Å². The Bertz CT molecular complexity index is 1080. The van der Waals surface area contributed by atoms with Crippen LogP contribution in [0.25, 0.3) is 0 Å². The first-order valence-electron chi connectivity index (χ1n) is 17.8. The Morgan fingerprint density at radius 3 is 2.19 bits per heavy atom. The molecule has 1 heterocycles. The van der Waals surface area contributed by atoms with E-state index in [9.17, 15) is 46.0 Å². The van der Waals surface area contributed by atoms with E-state index in [2.05, 4.69) is 20.8 Å². The lowest BCUT2D eigenvalue weighted by Gasteiger charge is -2.67. The first-order chi connectivity index (χ1) is 21.9. The van der Waals surface area contributed by atoms with Crippen LogP contribution in [0.5, 0.6) is 0 Å². The van der Waals surface area contributed by atoms with E-state index in [4.69, 9.17) is 14.2 Å². The van der Waals surface area contributed by atoms with Gasteiger partial charge < -0.3 is 60.2 Å². The van der Waals surface area contributed by atoms with E-state index in [-0.39, 0.29) is 36.2 Å². The molecule has 274 valence electrons. The SMILES string of the molecule is CO[C@@H](CO)[C@@H]1O[C@@H](OC[C@@](O)(CC[C@@H](C)[C@H]2C[C@@H](O)[C@@H]3[C@]2(C)CC[C@@H]2[C@@]4(C)CC[C@H](O)C[C@@H]4[C@@H](O)[C@@H](O)[C@]23O)C(C)C)[C@H](O)[C@H]1O. The number of rotatable bonds is 11. The number of methoxy groups -OCH3 is 1. The molecule has 5 rings (SSSR count). The van der Waals surface area contributed by atoms with Gasteiger partial charge in [-0.25, -0.2) is 0 Å². The number of hydrogen-bond donors (Lipinski definition) is 9. The molecule has 12 nitrogen and oxygen atoms in total. The summed E-state index contributed by atoms with van der Waals surface area (Å²) in [5, 5.41) is 99.9. The van der Waals surface area contributed by atoms with E-state index in [0.717, 1.165) is 6.42 Å². The summed E-state index contributed by atoms with van der Waals surface area (Å²) >= 11 is 0. The van der Waals surface area contributed by atoms with Crippen molar-refractivity contribution in [1.82, 2.24) is 0 Å². The van der Waals surface area contributed by atoms with Gasteiger partial charge >= 0.3 is 0 Å². The quantitative estimate of drug-likeness (QED) is 0.145. The van der Waals surface area contributed by atoms with E-state index < -0.39 is 89.7 Å². The molecular weight excluding hydrogens is 612 g/mol. The molecule has 18 atom stereocenters. The first-order valence-corrected chi connectivity index (χ1v) is 17.8. The molecule has 0 bridgehead atoms. The Morgan fingerprint density at radius 1 is 0.915 bits per heavy atom. The molecule has 0 radical (unpaired) electrons. The minimum atomic E-state index is -1.68. The summed E-state index contributed by atoms with van der Waals surface area (Å²) in [6, 6.07) is 0. The molecular formula is C35H62O12. The smallest absolute Gasteiger partial charge is 0.186 e. The van der Waals surface area contributed by atoms with Crippen molar-refractivity contribution in [3.05, 3.63) is 0 Å². The average molecular weight is 675 g/mol. The predicted molar refractivity (Wildman–Crippen MR) is 170 cm³/mol. The summed E-state index contributed by atoms with van der Waals surface area (Å²) < 4.78 is 16.7. The molecule has 1 aliphatic heterocycles. The van der Waals surface area contributed by atoms with Gasteiger partial charge in [0.05, 0.1) is 37.1 Å². The highest BCUT2D eigenvalue weighted by atomic mass is 16.7. The van der Waals surface area contributed by atoms with Crippen molar-refractivity contribution in [2.45, 2.75) is 152 Å². The fraction of sp³-hybridized carbons (Fsp3) is 1.00. The molecule has 0 aromatic carbocycles. The van der Waals surface area contributed by atoms with Crippen molar-refractivity contribution in [3.63, 3.8) is 0 Å². The molecule has 47 heavy (non-hydrogen) atoms. The molecule has 0 amide bonds. The van der Waals surface area contributed by atoms with Crippen LogP contribution >= 0.6 is 0 Å². The Kier molecular flexibility index (Phi) is 10.9. The standard InChI is InChI=1S/C35H62O12/c1-17(2)34(43,16-46-31-27(41)26(40)28(47-31)23(15-36)45-6)12-7-18(3)20-14-22(38)29-33(20,5)11-9-24-32(4)10-8-19(37)13-21(32)25(39)30(42)35(24,29)44/h17-31,36-44H,7-16H2,1-6H3/t18-,19+,20-,21-,22-,23+,24-,25-,26-,27-,28+,29-,30-,31-,32+,33-,34+,35+/m1/s1.